The van der Waals surface area contributed by atoms with Crippen LogP contribution in [-0.4, -0.2) is 49.3 Å². The van der Waals surface area contributed by atoms with Crippen LogP contribution in [-0.2, 0) is 26.9 Å². The second-order valence-electron chi connectivity index (χ2n) is 8.17. The van der Waals surface area contributed by atoms with E-state index < -0.39 is 22.9 Å². The highest BCUT2D eigenvalue weighted by Crippen LogP contribution is 2.38. The number of hydrogen-bond acceptors (Lipinski definition) is 4. The first kappa shape index (κ1) is 21.8. The molecule has 2 saturated heterocycles. The van der Waals surface area contributed by atoms with Gasteiger partial charge in [-0.05, 0) is 48.2 Å². The van der Waals surface area contributed by atoms with Gasteiger partial charge in [0, 0.05) is 25.8 Å². The highest BCUT2D eigenvalue weighted by atomic mass is 19.4. The van der Waals surface area contributed by atoms with E-state index in [0.29, 0.717) is 37.1 Å². The van der Waals surface area contributed by atoms with Crippen molar-refractivity contribution in [3.8, 4) is 0 Å². The molecule has 2 fully saturated rings. The number of piperidine rings is 1. The molecule has 0 aromatic heterocycles. The van der Waals surface area contributed by atoms with E-state index in [9.17, 15) is 23.1 Å². The van der Waals surface area contributed by atoms with E-state index in [2.05, 4.69) is 0 Å². The van der Waals surface area contributed by atoms with E-state index in [0.717, 1.165) is 17.7 Å². The molecule has 0 aliphatic carbocycles. The van der Waals surface area contributed by atoms with Crippen molar-refractivity contribution in [2.75, 3.05) is 33.4 Å². The largest absolute Gasteiger partial charge is 0.416 e. The standard InChI is InChI=1S/C23H24F3NO4/c1-30-22(18-6-8-19(9-7-18)23(24,25)26)10-12-27(13-11-22)20(28)16-2-4-17(5-3-16)21(29)14-31-15-21/h2-9,29H,10-15H2,1H3. The summed E-state index contributed by atoms with van der Waals surface area (Å²) in [5.41, 5.74) is -0.487. The number of benzene rings is 2. The van der Waals surface area contributed by atoms with Crippen LogP contribution < -0.4 is 0 Å². The van der Waals surface area contributed by atoms with Crippen molar-refractivity contribution in [2.45, 2.75) is 30.2 Å². The number of aliphatic hydroxyl groups is 1. The van der Waals surface area contributed by atoms with Gasteiger partial charge in [0.05, 0.1) is 24.4 Å². The summed E-state index contributed by atoms with van der Waals surface area (Å²) in [6.45, 7) is 1.34. The van der Waals surface area contributed by atoms with Gasteiger partial charge in [0.2, 0.25) is 0 Å². The van der Waals surface area contributed by atoms with Gasteiger partial charge in [0.25, 0.3) is 5.91 Å². The fourth-order valence-electron chi connectivity index (χ4n) is 4.21. The minimum atomic E-state index is -4.38. The number of carbonyl (C=O) groups is 1. The molecular formula is C23H24F3NO4. The van der Waals surface area contributed by atoms with Crippen molar-refractivity contribution in [2.24, 2.45) is 0 Å². The number of nitrogens with zero attached hydrogens (tertiary/aromatic N) is 1. The van der Waals surface area contributed by atoms with Gasteiger partial charge in [-0.3, -0.25) is 4.79 Å². The first-order valence-electron chi connectivity index (χ1n) is 10.1. The van der Waals surface area contributed by atoms with Crippen LogP contribution in [0, 0.1) is 0 Å². The number of halogens is 3. The van der Waals surface area contributed by atoms with Crippen LogP contribution in [0.3, 0.4) is 0 Å². The maximum atomic E-state index is 12.9. The number of carbonyl (C=O) groups excluding carboxylic acids is 1. The Balaban J connectivity index is 1.43. The van der Waals surface area contributed by atoms with Crippen molar-refractivity contribution in [1.29, 1.82) is 0 Å². The number of alkyl halides is 3. The van der Waals surface area contributed by atoms with Gasteiger partial charge in [-0.2, -0.15) is 13.2 Å². The second-order valence-corrected chi connectivity index (χ2v) is 8.17. The average molecular weight is 435 g/mol. The predicted octanol–water partition coefficient (Wildman–Crippen LogP) is 3.70. The molecule has 0 radical (unpaired) electrons. The van der Waals surface area contributed by atoms with Crippen molar-refractivity contribution < 1.29 is 32.5 Å². The fourth-order valence-corrected chi connectivity index (χ4v) is 4.21. The Morgan fingerprint density at radius 3 is 2.00 bits per heavy atom. The molecule has 2 aromatic rings. The molecule has 8 heteroatoms. The summed E-state index contributed by atoms with van der Waals surface area (Å²) < 4.78 is 49.4. The van der Waals surface area contributed by atoms with Gasteiger partial charge < -0.3 is 19.5 Å². The second kappa shape index (κ2) is 7.93. The lowest BCUT2D eigenvalue weighted by Gasteiger charge is -2.41. The number of amides is 1. The van der Waals surface area contributed by atoms with Gasteiger partial charge in [-0.15, -0.1) is 0 Å². The van der Waals surface area contributed by atoms with E-state index in [1.807, 2.05) is 0 Å². The molecule has 1 amide bonds. The van der Waals surface area contributed by atoms with Crippen LogP contribution in [0.25, 0.3) is 0 Å². The van der Waals surface area contributed by atoms with Crippen LogP contribution in [0.2, 0.25) is 0 Å². The third kappa shape index (κ3) is 4.07. The lowest BCUT2D eigenvalue weighted by Crippen LogP contribution is -2.47. The van der Waals surface area contributed by atoms with E-state index in [-0.39, 0.29) is 19.1 Å². The zero-order chi connectivity index (χ0) is 22.3. The van der Waals surface area contributed by atoms with Crippen molar-refractivity contribution in [1.82, 2.24) is 4.90 Å². The SMILES string of the molecule is COC1(c2ccc(C(F)(F)F)cc2)CCN(C(=O)c2ccc(C3(O)COC3)cc2)CC1. The molecule has 2 heterocycles. The minimum Gasteiger partial charge on any atom is -0.380 e. The molecule has 4 rings (SSSR count). The van der Waals surface area contributed by atoms with Gasteiger partial charge in [0.1, 0.15) is 5.60 Å². The molecule has 2 aromatic carbocycles. The number of methoxy groups -OCH3 is 1. The summed E-state index contributed by atoms with van der Waals surface area (Å²) in [7, 11) is 1.54. The molecular weight excluding hydrogens is 411 g/mol. The van der Waals surface area contributed by atoms with Crippen molar-refractivity contribution in [3.05, 3.63) is 70.8 Å². The molecule has 0 unspecified atom stereocenters. The number of rotatable bonds is 4. The lowest BCUT2D eigenvalue weighted by atomic mass is 9.83. The third-order valence-corrected chi connectivity index (χ3v) is 6.34. The molecule has 166 valence electrons. The quantitative estimate of drug-likeness (QED) is 0.796. The normalized spacial score (nSPS) is 20.2. The van der Waals surface area contributed by atoms with Gasteiger partial charge in [-0.1, -0.05) is 24.3 Å². The predicted molar refractivity (Wildman–Crippen MR) is 106 cm³/mol. The molecule has 31 heavy (non-hydrogen) atoms. The van der Waals surface area contributed by atoms with Gasteiger partial charge >= 0.3 is 6.18 Å². The number of ether oxygens (including phenoxy) is 2. The van der Waals surface area contributed by atoms with Crippen LogP contribution in [0.4, 0.5) is 13.2 Å². The number of hydrogen-bond donors (Lipinski definition) is 1. The Bertz CT molecular complexity index is 929. The summed E-state index contributed by atoms with van der Waals surface area (Å²) in [4.78, 5) is 14.6. The fraction of sp³-hybridized carbons (Fsp3) is 0.435. The molecule has 0 bridgehead atoms. The average Bonchev–Trinajstić information content (AvgIpc) is 2.76. The number of likely N-dealkylation sites (tertiary alicyclic amines) is 1. The third-order valence-electron chi connectivity index (χ3n) is 6.34. The zero-order valence-corrected chi connectivity index (χ0v) is 17.1. The van der Waals surface area contributed by atoms with Crippen LogP contribution in [0.1, 0.15) is 39.9 Å². The molecule has 2 aliphatic rings. The molecule has 0 atom stereocenters. The Morgan fingerprint density at radius 2 is 1.55 bits per heavy atom. The molecule has 1 N–H and O–H groups in total. The van der Waals surface area contributed by atoms with Gasteiger partial charge in [0.15, 0.2) is 0 Å². The molecule has 5 nitrogen and oxygen atoms in total. The van der Waals surface area contributed by atoms with Gasteiger partial charge in [-0.25, -0.2) is 0 Å². The highest BCUT2D eigenvalue weighted by Gasteiger charge is 2.40. The maximum Gasteiger partial charge on any atom is 0.416 e. The first-order chi connectivity index (χ1) is 14.7. The summed E-state index contributed by atoms with van der Waals surface area (Å²) in [6, 6.07) is 11.9. The molecule has 2 aliphatic heterocycles. The maximum absolute atomic E-state index is 12.9. The van der Waals surface area contributed by atoms with E-state index in [4.69, 9.17) is 9.47 Å². The smallest absolute Gasteiger partial charge is 0.380 e. The summed E-state index contributed by atoms with van der Waals surface area (Å²) in [6.07, 6.45) is -3.42. The summed E-state index contributed by atoms with van der Waals surface area (Å²) in [5.74, 6) is -0.125. The topological polar surface area (TPSA) is 59.0 Å². The minimum absolute atomic E-state index is 0.125. The lowest BCUT2D eigenvalue weighted by molar-refractivity contribution is -0.184. The molecule has 0 saturated carbocycles. The monoisotopic (exact) mass is 435 g/mol. The molecule has 0 spiro atoms. The Morgan fingerprint density at radius 1 is 1.00 bits per heavy atom. The van der Waals surface area contributed by atoms with E-state index >= 15 is 0 Å². The van der Waals surface area contributed by atoms with E-state index in [1.54, 1.807) is 36.3 Å². The first-order valence-corrected chi connectivity index (χ1v) is 10.1. The Kier molecular flexibility index (Phi) is 5.57. The van der Waals surface area contributed by atoms with Crippen molar-refractivity contribution >= 4 is 5.91 Å². The van der Waals surface area contributed by atoms with Crippen molar-refractivity contribution in [3.63, 3.8) is 0 Å². The van der Waals surface area contributed by atoms with Crippen LogP contribution in [0.5, 0.6) is 0 Å². The summed E-state index contributed by atoms with van der Waals surface area (Å²) in [5, 5.41) is 10.3. The van der Waals surface area contributed by atoms with Crippen LogP contribution in [0.15, 0.2) is 48.5 Å². The summed E-state index contributed by atoms with van der Waals surface area (Å²) >= 11 is 0. The van der Waals surface area contributed by atoms with Crippen LogP contribution >= 0.6 is 0 Å². The zero-order valence-electron chi connectivity index (χ0n) is 17.1. The Labute approximate surface area is 178 Å². The van der Waals surface area contributed by atoms with E-state index in [1.165, 1.54) is 12.1 Å². The highest BCUT2D eigenvalue weighted by molar-refractivity contribution is 5.94. The Hall–Kier alpha value is -2.42.